The Bertz CT molecular complexity index is 764. The molecule has 2 rings (SSSR count). The van der Waals surface area contributed by atoms with Gasteiger partial charge in [-0.25, -0.2) is 4.98 Å². The van der Waals surface area contributed by atoms with Gasteiger partial charge in [0.15, 0.2) is 0 Å². The van der Waals surface area contributed by atoms with Gasteiger partial charge in [-0.05, 0) is 25.0 Å². The number of alkyl halides is 3. The lowest BCUT2D eigenvalue weighted by molar-refractivity contribution is -0.267. The molecule has 26 heavy (non-hydrogen) atoms. The van der Waals surface area contributed by atoms with Gasteiger partial charge in [-0.1, -0.05) is 18.2 Å². The van der Waals surface area contributed by atoms with Gasteiger partial charge >= 0.3 is 6.18 Å². The molecule has 0 aliphatic rings. The molecule has 1 unspecified atom stereocenters. The van der Waals surface area contributed by atoms with Gasteiger partial charge in [-0.2, -0.15) is 13.2 Å². The highest BCUT2D eigenvalue weighted by Gasteiger charge is 2.58. The van der Waals surface area contributed by atoms with Crippen molar-refractivity contribution in [3.05, 3.63) is 45.9 Å². The van der Waals surface area contributed by atoms with E-state index in [0.717, 1.165) is 5.56 Å². The van der Waals surface area contributed by atoms with E-state index in [0.29, 0.717) is 29.2 Å². The molecule has 9 heteroatoms. The summed E-state index contributed by atoms with van der Waals surface area (Å²) < 4.78 is 45.3. The predicted octanol–water partition coefficient (Wildman–Crippen LogP) is 2.96. The number of aromatic nitrogens is 1. The summed E-state index contributed by atoms with van der Waals surface area (Å²) in [6, 6.07) is 7.15. The highest BCUT2D eigenvalue weighted by atomic mass is 32.1. The van der Waals surface area contributed by atoms with Crippen LogP contribution < -0.4 is 10.1 Å². The molecule has 0 spiro atoms. The normalized spacial score (nSPS) is 13.9. The fraction of sp³-hybridized carbons (Fsp3) is 0.412. The maximum absolute atomic E-state index is 13.4. The van der Waals surface area contributed by atoms with Crippen LogP contribution in [0.2, 0.25) is 0 Å². The molecule has 5 nitrogen and oxygen atoms in total. The fourth-order valence-corrected chi connectivity index (χ4v) is 3.30. The number of benzene rings is 1. The maximum atomic E-state index is 13.4. The minimum Gasteiger partial charge on any atom is -0.496 e. The Morgan fingerprint density at radius 1 is 1.35 bits per heavy atom. The van der Waals surface area contributed by atoms with Gasteiger partial charge in [0, 0.05) is 17.6 Å². The molecule has 2 aromatic rings. The summed E-state index contributed by atoms with van der Waals surface area (Å²) in [6.07, 6.45) is -5.77. The number of aliphatic hydroxyl groups is 1. The average molecular weight is 388 g/mol. The van der Waals surface area contributed by atoms with Crippen molar-refractivity contribution in [2.45, 2.75) is 31.5 Å². The molecule has 0 saturated heterocycles. The van der Waals surface area contributed by atoms with Crippen molar-refractivity contribution in [1.29, 1.82) is 0 Å². The molecule has 0 saturated carbocycles. The number of ether oxygens (including phenoxy) is 1. The van der Waals surface area contributed by atoms with Crippen LogP contribution in [-0.2, 0) is 16.8 Å². The smallest absolute Gasteiger partial charge is 0.424 e. The summed E-state index contributed by atoms with van der Waals surface area (Å²) in [7, 11) is 1.51. The first-order valence-corrected chi connectivity index (χ1v) is 8.65. The number of amides is 1. The number of hydrogen-bond acceptors (Lipinski definition) is 5. The van der Waals surface area contributed by atoms with Crippen molar-refractivity contribution in [2.75, 3.05) is 13.7 Å². The molecular weight excluding hydrogens is 369 g/mol. The lowest BCUT2D eigenvalue weighted by Gasteiger charge is -2.27. The third-order valence-electron chi connectivity index (χ3n) is 3.77. The van der Waals surface area contributed by atoms with Crippen molar-refractivity contribution >= 4 is 17.2 Å². The summed E-state index contributed by atoms with van der Waals surface area (Å²) in [5, 5.41) is 13.4. The van der Waals surface area contributed by atoms with Gasteiger partial charge in [0.1, 0.15) is 10.8 Å². The SMILES string of the molecule is COc1ccccc1CCNC(=O)CC(O)(c1nc(C)cs1)C(F)(F)F. The number of hydrogen-bond donors (Lipinski definition) is 2. The van der Waals surface area contributed by atoms with Crippen LogP contribution in [0.1, 0.15) is 22.7 Å². The number of carbonyl (C=O) groups is 1. The van der Waals surface area contributed by atoms with E-state index in [-0.39, 0.29) is 6.54 Å². The Labute approximate surface area is 152 Å². The van der Waals surface area contributed by atoms with Crippen LogP contribution in [-0.4, -0.2) is 35.8 Å². The summed E-state index contributed by atoms with van der Waals surface area (Å²) in [5.41, 5.74) is -2.14. The molecule has 0 aliphatic carbocycles. The second-order valence-corrected chi connectivity index (χ2v) is 6.60. The summed E-state index contributed by atoms with van der Waals surface area (Å²) in [4.78, 5) is 15.7. The maximum Gasteiger partial charge on any atom is 0.424 e. The van der Waals surface area contributed by atoms with E-state index in [2.05, 4.69) is 10.3 Å². The van der Waals surface area contributed by atoms with Crippen LogP contribution in [0, 0.1) is 6.92 Å². The molecule has 1 aromatic carbocycles. The van der Waals surface area contributed by atoms with E-state index in [4.69, 9.17) is 4.74 Å². The topological polar surface area (TPSA) is 71.5 Å². The monoisotopic (exact) mass is 388 g/mol. The number of carbonyl (C=O) groups excluding carboxylic acids is 1. The molecule has 0 aliphatic heterocycles. The summed E-state index contributed by atoms with van der Waals surface area (Å²) in [5.74, 6) is -0.278. The van der Waals surface area contributed by atoms with E-state index >= 15 is 0 Å². The van der Waals surface area contributed by atoms with Crippen LogP contribution in [0.3, 0.4) is 0 Å². The third kappa shape index (κ3) is 4.53. The zero-order chi connectivity index (χ0) is 19.4. The van der Waals surface area contributed by atoms with Gasteiger partial charge in [0.2, 0.25) is 11.5 Å². The Morgan fingerprint density at radius 3 is 2.62 bits per heavy atom. The van der Waals surface area contributed by atoms with Gasteiger partial charge in [0.05, 0.1) is 13.5 Å². The molecular formula is C17H19F3N2O3S. The summed E-state index contributed by atoms with van der Waals surface area (Å²) >= 11 is 0.673. The number of nitrogens with zero attached hydrogens (tertiary/aromatic N) is 1. The van der Waals surface area contributed by atoms with Crippen molar-refractivity contribution in [3.63, 3.8) is 0 Å². The van der Waals surface area contributed by atoms with E-state index in [1.807, 2.05) is 0 Å². The van der Waals surface area contributed by atoms with Crippen molar-refractivity contribution < 1.29 is 27.8 Å². The second-order valence-electron chi connectivity index (χ2n) is 5.74. The van der Waals surface area contributed by atoms with E-state index in [9.17, 15) is 23.1 Å². The van der Waals surface area contributed by atoms with Crippen molar-refractivity contribution in [3.8, 4) is 5.75 Å². The standard InChI is InChI=1S/C17H19F3N2O3S/c1-11-10-26-15(22-11)16(24,17(18,19)20)9-14(23)21-8-7-12-5-3-4-6-13(12)25-2/h3-6,10,24H,7-9H2,1-2H3,(H,21,23). The molecule has 1 atom stereocenters. The highest BCUT2D eigenvalue weighted by molar-refractivity contribution is 7.09. The molecule has 0 fully saturated rings. The van der Waals surface area contributed by atoms with Gasteiger partial charge in [-0.15, -0.1) is 11.3 Å². The Balaban J connectivity index is 2.02. The van der Waals surface area contributed by atoms with Crippen LogP contribution in [0.4, 0.5) is 13.2 Å². The number of rotatable bonds is 7. The van der Waals surface area contributed by atoms with Crippen LogP contribution in [0.25, 0.3) is 0 Å². The Hall–Kier alpha value is -2.13. The van der Waals surface area contributed by atoms with Crippen molar-refractivity contribution in [2.24, 2.45) is 0 Å². The highest BCUT2D eigenvalue weighted by Crippen LogP contribution is 2.42. The number of nitrogens with one attached hydrogen (secondary N) is 1. The third-order valence-corrected chi connectivity index (χ3v) is 4.88. The van der Waals surface area contributed by atoms with Crippen LogP contribution >= 0.6 is 11.3 Å². The number of para-hydroxylation sites is 1. The van der Waals surface area contributed by atoms with Gasteiger partial charge in [-0.3, -0.25) is 4.79 Å². The molecule has 142 valence electrons. The van der Waals surface area contributed by atoms with Gasteiger partial charge < -0.3 is 15.2 Å². The van der Waals surface area contributed by atoms with Crippen molar-refractivity contribution in [1.82, 2.24) is 10.3 Å². The largest absolute Gasteiger partial charge is 0.496 e. The average Bonchev–Trinajstić information content (AvgIpc) is 3.01. The van der Waals surface area contributed by atoms with E-state index in [1.54, 1.807) is 24.3 Å². The Kier molecular flexibility index (Phi) is 6.25. The first kappa shape index (κ1) is 20.2. The second kappa shape index (κ2) is 8.05. The fourth-order valence-electron chi connectivity index (χ4n) is 2.38. The number of halogens is 3. The Morgan fingerprint density at radius 2 is 2.04 bits per heavy atom. The minimum absolute atomic E-state index is 0.115. The van der Waals surface area contributed by atoms with E-state index in [1.165, 1.54) is 19.4 Å². The molecule has 1 amide bonds. The lowest BCUT2D eigenvalue weighted by atomic mass is 9.99. The quantitative estimate of drug-likeness (QED) is 0.765. The number of aryl methyl sites for hydroxylation is 1. The summed E-state index contributed by atoms with van der Waals surface area (Å²) in [6.45, 7) is 1.63. The molecule has 2 N–H and O–H groups in total. The number of thiazole rings is 1. The molecule has 1 heterocycles. The zero-order valence-corrected chi connectivity index (χ0v) is 15.1. The first-order chi connectivity index (χ1) is 12.2. The van der Waals surface area contributed by atoms with Crippen LogP contribution in [0.15, 0.2) is 29.6 Å². The lowest BCUT2D eigenvalue weighted by Crippen LogP contribution is -2.46. The molecule has 0 radical (unpaired) electrons. The predicted molar refractivity (Wildman–Crippen MR) is 91.1 cm³/mol. The van der Waals surface area contributed by atoms with E-state index < -0.39 is 29.1 Å². The molecule has 1 aromatic heterocycles. The van der Waals surface area contributed by atoms with Gasteiger partial charge in [0.25, 0.3) is 0 Å². The zero-order valence-electron chi connectivity index (χ0n) is 14.3. The minimum atomic E-state index is -5.02. The molecule has 0 bridgehead atoms. The first-order valence-electron chi connectivity index (χ1n) is 7.77. The number of methoxy groups -OCH3 is 1. The van der Waals surface area contributed by atoms with Crippen LogP contribution in [0.5, 0.6) is 5.75 Å².